The maximum Gasteiger partial charge on any atom is 0.230 e. The van der Waals surface area contributed by atoms with Crippen LogP contribution in [0.3, 0.4) is 0 Å². The molecule has 1 aromatic heterocycles. The van der Waals surface area contributed by atoms with Crippen LogP contribution in [0, 0.1) is 17.8 Å². The van der Waals surface area contributed by atoms with Crippen molar-refractivity contribution in [1.82, 2.24) is 20.1 Å². The zero-order chi connectivity index (χ0) is 19.3. The number of aromatic nitrogens is 3. The van der Waals surface area contributed by atoms with Crippen molar-refractivity contribution in [3.63, 3.8) is 0 Å². The van der Waals surface area contributed by atoms with Crippen molar-refractivity contribution in [2.45, 2.75) is 49.2 Å². The van der Waals surface area contributed by atoms with Gasteiger partial charge in [0.1, 0.15) is 0 Å². The maximum atomic E-state index is 12.7. The summed E-state index contributed by atoms with van der Waals surface area (Å²) in [6, 6.07) is 7.55. The monoisotopic (exact) mass is 416 g/mol. The van der Waals surface area contributed by atoms with Gasteiger partial charge >= 0.3 is 0 Å². The first-order valence-electron chi connectivity index (χ1n) is 10.1. The van der Waals surface area contributed by atoms with Crippen LogP contribution < -0.4 is 5.32 Å². The highest BCUT2D eigenvalue weighted by Crippen LogP contribution is 2.55. The van der Waals surface area contributed by atoms with E-state index in [1.165, 1.54) is 50.3 Å². The first kappa shape index (κ1) is 18.5. The normalized spacial score (nSPS) is 30.6. The first-order chi connectivity index (χ1) is 13.5. The van der Waals surface area contributed by atoms with Crippen LogP contribution in [0.4, 0.5) is 0 Å². The number of hydrogen-bond donors (Lipinski definition) is 1. The number of nitrogens with one attached hydrogen (secondary N) is 1. The second-order valence-electron chi connectivity index (χ2n) is 8.91. The maximum absolute atomic E-state index is 12.7. The van der Waals surface area contributed by atoms with Gasteiger partial charge in [-0.15, -0.1) is 10.2 Å². The Morgan fingerprint density at radius 1 is 1.14 bits per heavy atom. The fraction of sp³-hybridized carbons (Fsp3) is 0.571. The van der Waals surface area contributed by atoms with E-state index >= 15 is 0 Å². The van der Waals surface area contributed by atoms with Crippen molar-refractivity contribution in [3.8, 4) is 11.4 Å². The number of rotatable bonds is 5. The van der Waals surface area contributed by atoms with Gasteiger partial charge in [-0.3, -0.25) is 4.79 Å². The van der Waals surface area contributed by atoms with E-state index in [9.17, 15) is 4.79 Å². The molecule has 5 nitrogen and oxygen atoms in total. The fourth-order valence-electron chi connectivity index (χ4n) is 6.02. The van der Waals surface area contributed by atoms with Gasteiger partial charge in [0.2, 0.25) is 5.91 Å². The standard InChI is InChI=1S/C21H25ClN4OS/c1-26-19(16-2-4-17(22)5-3-16)24-25-20(26)28-12-18(27)23-21-9-13-6-14(10-21)8-15(7-13)11-21/h2-5,13-15H,6-12H2,1H3,(H,23,27). The molecular formula is C21H25ClN4OS. The number of carbonyl (C=O) groups is 1. The molecule has 28 heavy (non-hydrogen) atoms. The molecule has 1 aromatic carbocycles. The molecule has 0 radical (unpaired) electrons. The van der Waals surface area contributed by atoms with Crippen molar-refractivity contribution >= 4 is 29.3 Å². The lowest BCUT2D eigenvalue weighted by Gasteiger charge is -2.56. The van der Waals surface area contributed by atoms with Crippen LogP contribution in [0.2, 0.25) is 5.02 Å². The largest absolute Gasteiger partial charge is 0.350 e. The van der Waals surface area contributed by atoms with E-state index in [1.54, 1.807) is 0 Å². The summed E-state index contributed by atoms with van der Waals surface area (Å²) in [5.41, 5.74) is 1.03. The van der Waals surface area contributed by atoms with Gasteiger partial charge in [0.05, 0.1) is 5.75 Å². The van der Waals surface area contributed by atoms with Crippen LogP contribution in [-0.2, 0) is 11.8 Å². The van der Waals surface area contributed by atoms with Gasteiger partial charge in [-0.1, -0.05) is 23.4 Å². The Hall–Kier alpha value is -1.53. The molecular weight excluding hydrogens is 392 g/mol. The van der Waals surface area contributed by atoms with Crippen molar-refractivity contribution in [2.24, 2.45) is 24.8 Å². The highest BCUT2D eigenvalue weighted by atomic mass is 35.5. The highest BCUT2D eigenvalue weighted by Gasteiger charge is 2.51. The molecule has 2 aromatic rings. The number of hydrogen-bond acceptors (Lipinski definition) is 4. The number of amides is 1. The van der Waals surface area contributed by atoms with Gasteiger partial charge in [-0.2, -0.15) is 0 Å². The quantitative estimate of drug-likeness (QED) is 0.737. The molecule has 4 saturated carbocycles. The van der Waals surface area contributed by atoms with Crippen LogP contribution in [-0.4, -0.2) is 32.0 Å². The Kier molecular flexibility index (Phi) is 4.67. The van der Waals surface area contributed by atoms with Gasteiger partial charge < -0.3 is 9.88 Å². The third-order valence-corrected chi connectivity index (χ3v) is 7.98. The predicted molar refractivity (Wildman–Crippen MR) is 111 cm³/mol. The summed E-state index contributed by atoms with van der Waals surface area (Å²) in [5.74, 6) is 3.79. The fourth-order valence-corrected chi connectivity index (χ4v) is 6.85. The Labute approximate surface area is 174 Å². The lowest BCUT2D eigenvalue weighted by atomic mass is 9.53. The molecule has 148 valence electrons. The van der Waals surface area contributed by atoms with Crippen LogP contribution in [0.5, 0.6) is 0 Å². The second-order valence-corrected chi connectivity index (χ2v) is 10.3. The van der Waals surface area contributed by atoms with E-state index in [-0.39, 0.29) is 11.4 Å². The van der Waals surface area contributed by atoms with Crippen LogP contribution in [0.25, 0.3) is 11.4 Å². The average Bonchev–Trinajstić information content (AvgIpc) is 3.00. The molecule has 0 aliphatic heterocycles. The number of benzene rings is 1. The second kappa shape index (κ2) is 7.06. The Morgan fingerprint density at radius 2 is 1.75 bits per heavy atom. The van der Waals surface area contributed by atoms with Gasteiger partial charge in [0, 0.05) is 23.2 Å². The van der Waals surface area contributed by atoms with Crippen molar-refractivity contribution < 1.29 is 4.79 Å². The molecule has 1 heterocycles. The minimum absolute atomic E-state index is 0.0702. The summed E-state index contributed by atoms with van der Waals surface area (Å²) in [5, 5.41) is 13.4. The smallest absolute Gasteiger partial charge is 0.230 e. The molecule has 4 fully saturated rings. The molecule has 1 N–H and O–H groups in total. The molecule has 1 amide bonds. The first-order valence-corrected chi connectivity index (χ1v) is 11.5. The van der Waals surface area contributed by atoms with Crippen molar-refractivity contribution in [3.05, 3.63) is 29.3 Å². The summed E-state index contributed by atoms with van der Waals surface area (Å²) in [6.45, 7) is 0. The van der Waals surface area contributed by atoms with E-state index in [2.05, 4.69) is 15.5 Å². The zero-order valence-corrected chi connectivity index (χ0v) is 17.6. The zero-order valence-electron chi connectivity index (χ0n) is 16.0. The number of thioether (sulfide) groups is 1. The molecule has 6 rings (SSSR count). The number of carbonyl (C=O) groups excluding carboxylic acids is 1. The molecule has 4 bridgehead atoms. The molecule has 0 unspecified atom stereocenters. The summed E-state index contributed by atoms with van der Waals surface area (Å²) in [4.78, 5) is 12.7. The van der Waals surface area contributed by atoms with E-state index in [1.807, 2.05) is 35.9 Å². The number of halogens is 1. The van der Waals surface area contributed by atoms with Gasteiger partial charge in [0.15, 0.2) is 11.0 Å². The SMILES string of the molecule is Cn1c(SCC(=O)NC23CC4CC(CC(C4)C2)C3)nnc1-c1ccc(Cl)cc1. The third kappa shape index (κ3) is 3.45. The van der Waals surface area contributed by atoms with Gasteiger partial charge in [-0.05, 0) is 80.5 Å². The highest BCUT2D eigenvalue weighted by molar-refractivity contribution is 7.99. The third-order valence-electron chi connectivity index (χ3n) is 6.71. The van der Waals surface area contributed by atoms with E-state index < -0.39 is 0 Å². The average molecular weight is 417 g/mol. The van der Waals surface area contributed by atoms with Crippen LogP contribution >= 0.6 is 23.4 Å². The van der Waals surface area contributed by atoms with Gasteiger partial charge in [-0.25, -0.2) is 0 Å². The molecule has 0 atom stereocenters. The lowest BCUT2D eigenvalue weighted by Crippen LogP contribution is -2.60. The minimum atomic E-state index is 0.0702. The molecule has 4 aliphatic carbocycles. The van der Waals surface area contributed by atoms with E-state index in [4.69, 9.17) is 11.6 Å². The summed E-state index contributed by atoms with van der Waals surface area (Å²) < 4.78 is 1.94. The van der Waals surface area contributed by atoms with Crippen LogP contribution in [0.1, 0.15) is 38.5 Å². The van der Waals surface area contributed by atoms with Crippen LogP contribution in [0.15, 0.2) is 29.4 Å². The Bertz CT molecular complexity index is 859. The van der Waals surface area contributed by atoms with Crippen molar-refractivity contribution in [1.29, 1.82) is 0 Å². The topological polar surface area (TPSA) is 59.8 Å². The molecule has 0 spiro atoms. The summed E-state index contributed by atoms with van der Waals surface area (Å²) in [7, 11) is 1.93. The molecule has 7 heteroatoms. The summed E-state index contributed by atoms with van der Waals surface area (Å²) >= 11 is 7.42. The summed E-state index contributed by atoms with van der Waals surface area (Å²) in [6.07, 6.45) is 7.70. The Morgan fingerprint density at radius 3 is 2.36 bits per heavy atom. The number of nitrogens with zero attached hydrogens (tertiary/aromatic N) is 3. The van der Waals surface area contributed by atoms with Crippen molar-refractivity contribution in [2.75, 3.05) is 5.75 Å². The van der Waals surface area contributed by atoms with E-state index in [0.717, 1.165) is 34.3 Å². The molecule has 4 aliphatic rings. The Balaban J connectivity index is 1.22. The lowest BCUT2D eigenvalue weighted by molar-refractivity contribution is -0.124. The van der Waals surface area contributed by atoms with Gasteiger partial charge in [0.25, 0.3) is 0 Å². The minimum Gasteiger partial charge on any atom is -0.350 e. The van der Waals surface area contributed by atoms with E-state index in [0.29, 0.717) is 10.8 Å². The predicted octanol–water partition coefficient (Wildman–Crippen LogP) is 4.31. The molecule has 0 saturated heterocycles.